The van der Waals surface area contributed by atoms with Crippen LogP contribution in [0.4, 0.5) is 4.39 Å². The minimum atomic E-state index is -0.624. The fraction of sp³-hybridized carbons (Fsp3) is 0.273. The first kappa shape index (κ1) is 22.4. The van der Waals surface area contributed by atoms with Gasteiger partial charge in [-0.25, -0.2) is 4.39 Å². The average Bonchev–Trinajstić information content (AvgIpc) is 2.68. The van der Waals surface area contributed by atoms with Crippen LogP contribution in [0, 0.1) is 19.7 Å². The highest BCUT2D eigenvalue weighted by molar-refractivity contribution is 6.30. The summed E-state index contributed by atoms with van der Waals surface area (Å²) in [6.07, 6.45) is 0.507. The van der Waals surface area contributed by atoms with E-state index in [1.54, 1.807) is 0 Å². The van der Waals surface area contributed by atoms with Gasteiger partial charge >= 0.3 is 0 Å². The van der Waals surface area contributed by atoms with Crippen molar-refractivity contribution in [2.45, 2.75) is 33.2 Å². The van der Waals surface area contributed by atoms with Crippen LogP contribution < -0.4 is 15.4 Å². The number of halogens is 2. The number of carbonyl (C=O) groups excluding carboxylic acids is 2. The maximum Gasteiger partial charge on any atom is 0.262 e. The number of carbonyl (C=O) groups is 2. The summed E-state index contributed by atoms with van der Waals surface area (Å²) >= 11 is 5.59. The standard InChI is InChI=1S/C22H24ClFN2O3/c1-14-4-5-15(2)17(10-14)12-25-21(27)9-6-16(3)26-22(28)13-29-18-7-8-19(23)20(24)11-18/h4-5,7-8,10-11H,3,6,9,12-13H2,1-2H3,(H,25,27)(H,26,28). The van der Waals surface area contributed by atoms with E-state index in [1.165, 1.54) is 12.1 Å². The molecule has 2 N–H and O–H groups in total. The molecule has 0 atom stereocenters. The Bertz CT molecular complexity index is 915. The third-order valence-electron chi connectivity index (χ3n) is 4.21. The van der Waals surface area contributed by atoms with E-state index < -0.39 is 11.7 Å². The van der Waals surface area contributed by atoms with E-state index in [9.17, 15) is 14.0 Å². The molecule has 0 heterocycles. The highest BCUT2D eigenvalue weighted by Crippen LogP contribution is 2.20. The predicted molar refractivity (Wildman–Crippen MR) is 111 cm³/mol. The van der Waals surface area contributed by atoms with Gasteiger partial charge in [-0.3, -0.25) is 9.59 Å². The van der Waals surface area contributed by atoms with Gasteiger partial charge in [-0.1, -0.05) is 41.9 Å². The Kier molecular flexibility index (Phi) is 8.21. The van der Waals surface area contributed by atoms with Gasteiger partial charge in [-0.2, -0.15) is 0 Å². The van der Waals surface area contributed by atoms with Crippen LogP contribution in [0.2, 0.25) is 5.02 Å². The molecule has 5 nitrogen and oxygen atoms in total. The zero-order chi connectivity index (χ0) is 21.4. The van der Waals surface area contributed by atoms with Gasteiger partial charge in [0.25, 0.3) is 5.91 Å². The Labute approximate surface area is 174 Å². The van der Waals surface area contributed by atoms with Crippen molar-refractivity contribution in [3.05, 3.63) is 76.2 Å². The fourth-order valence-electron chi connectivity index (χ4n) is 2.55. The molecule has 0 bridgehead atoms. The van der Waals surface area contributed by atoms with Gasteiger partial charge in [-0.15, -0.1) is 0 Å². The Morgan fingerprint density at radius 1 is 1.10 bits per heavy atom. The second-order valence-electron chi connectivity index (χ2n) is 6.72. The Hall–Kier alpha value is -2.86. The average molecular weight is 419 g/mol. The first-order chi connectivity index (χ1) is 13.7. The molecular weight excluding hydrogens is 395 g/mol. The quantitative estimate of drug-likeness (QED) is 0.641. The molecule has 0 aliphatic rings. The van der Waals surface area contributed by atoms with E-state index >= 15 is 0 Å². The molecule has 0 saturated carbocycles. The van der Waals surface area contributed by atoms with Crippen LogP contribution in [0.1, 0.15) is 29.5 Å². The minimum absolute atomic E-state index is 0.0222. The number of aryl methyl sites for hydroxylation is 2. The second-order valence-corrected chi connectivity index (χ2v) is 7.13. The van der Waals surface area contributed by atoms with E-state index in [4.69, 9.17) is 16.3 Å². The lowest BCUT2D eigenvalue weighted by Gasteiger charge is -2.11. The van der Waals surface area contributed by atoms with Crippen molar-refractivity contribution < 1.29 is 18.7 Å². The largest absolute Gasteiger partial charge is 0.484 e. The van der Waals surface area contributed by atoms with Crippen LogP contribution in [-0.2, 0) is 16.1 Å². The predicted octanol–water partition coefficient (Wildman–Crippen LogP) is 4.20. The minimum Gasteiger partial charge on any atom is -0.484 e. The molecule has 2 aromatic carbocycles. The summed E-state index contributed by atoms with van der Waals surface area (Å²) in [5.74, 6) is -1.00. The number of ether oxygens (including phenoxy) is 1. The molecule has 0 spiro atoms. The SMILES string of the molecule is C=C(CCC(=O)NCc1cc(C)ccc1C)NC(=O)COc1ccc(Cl)c(F)c1. The lowest BCUT2D eigenvalue weighted by atomic mass is 10.1. The lowest BCUT2D eigenvalue weighted by Crippen LogP contribution is -2.29. The van der Waals surface area contributed by atoms with Crippen LogP contribution in [0.3, 0.4) is 0 Å². The normalized spacial score (nSPS) is 10.3. The summed E-state index contributed by atoms with van der Waals surface area (Å²) in [7, 11) is 0. The molecular formula is C22H24ClFN2O3. The van der Waals surface area contributed by atoms with Gasteiger partial charge in [0.05, 0.1) is 5.02 Å². The molecule has 0 fully saturated rings. The fourth-order valence-corrected chi connectivity index (χ4v) is 2.67. The lowest BCUT2D eigenvalue weighted by molar-refractivity contribution is -0.123. The number of allylic oxidation sites excluding steroid dienone is 1. The van der Waals surface area contributed by atoms with Crippen molar-refractivity contribution in [2.75, 3.05) is 6.61 Å². The monoisotopic (exact) mass is 418 g/mol. The topological polar surface area (TPSA) is 67.4 Å². The maximum atomic E-state index is 13.3. The first-order valence-electron chi connectivity index (χ1n) is 9.13. The van der Waals surface area contributed by atoms with Gasteiger partial charge in [0.2, 0.25) is 5.91 Å². The summed E-state index contributed by atoms with van der Waals surface area (Å²) in [4.78, 5) is 23.9. The van der Waals surface area contributed by atoms with Crippen molar-refractivity contribution in [1.29, 1.82) is 0 Å². The van der Waals surface area contributed by atoms with Crippen LogP contribution in [0.25, 0.3) is 0 Å². The van der Waals surface area contributed by atoms with Crippen molar-refractivity contribution in [1.82, 2.24) is 10.6 Å². The van der Waals surface area contributed by atoms with Crippen LogP contribution in [0.5, 0.6) is 5.75 Å². The molecule has 0 unspecified atom stereocenters. The second kappa shape index (κ2) is 10.6. The Morgan fingerprint density at radius 3 is 2.59 bits per heavy atom. The Balaban J connectivity index is 1.68. The number of amides is 2. The summed E-state index contributed by atoms with van der Waals surface area (Å²) < 4.78 is 18.5. The zero-order valence-electron chi connectivity index (χ0n) is 16.5. The van der Waals surface area contributed by atoms with E-state index in [-0.39, 0.29) is 29.7 Å². The summed E-state index contributed by atoms with van der Waals surface area (Å²) in [6, 6.07) is 10.0. The third-order valence-corrected chi connectivity index (χ3v) is 4.52. The Morgan fingerprint density at radius 2 is 1.86 bits per heavy atom. The number of hydrogen-bond acceptors (Lipinski definition) is 3. The maximum absolute atomic E-state index is 13.3. The van der Waals surface area contributed by atoms with E-state index in [1.807, 2.05) is 32.0 Å². The number of nitrogens with one attached hydrogen (secondary N) is 2. The first-order valence-corrected chi connectivity index (χ1v) is 9.50. The van der Waals surface area contributed by atoms with Gasteiger partial charge < -0.3 is 15.4 Å². The molecule has 2 rings (SSSR count). The van der Waals surface area contributed by atoms with E-state index in [0.717, 1.165) is 22.8 Å². The van der Waals surface area contributed by atoms with Crippen LogP contribution in [-0.4, -0.2) is 18.4 Å². The van der Waals surface area contributed by atoms with Crippen LogP contribution >= 0.6 is 11.6 Å². The smallest absolute Gasteiger partial charge is 0.262 e. The van der Waals surface area contributed by atoms with Crippen molar-refractivity contribution in [3.63, 3.8) is 0 Å². The highest BCUT2D eigenvalue weighted by Gasteiger charge is 2.09. The van der Waals surface area contributed by atoms with Crippen molar-refractivity contribution in [3.8, 4) is 5.75 Å². The molecule has 0 radical (unpaired) electrons. The van der Waals surface area contributed by atoms with Crippen LogP contribution in [0.15, 0.2) is 48.7 Å². The number of hydrogen-bond donors (Lipinski definition) is 2. The van der Waals surface area contributed by atoms with Crippen molar-refractivity contribution >= 4 is 23.4 Å². The zero-order valence-corrected chi connectivity index (χ0v) is 17.2. The molecule has 7 heteroatoms. The molecule has 0 aliphatic carbocycles. The molecule has 29 heavy (non-hydrogen) atoms. The molecule has 0 aliphatic heterocycles. The van der Waals surface area contributed by atoms with Gasteiger partial charge in [0, 0.05) is 24.7 Å². The summed E-state index contributed by atoms with van der Waals surface area (Å²) in [5.41, 5.74) is 3.73. The summed E-state index contributed by atoms with van der Waals surface area (Å²) in [6.45, 7) is 7.90. The molecule has 2 amide bonds. The molecule has 0 saturated heterocycles. The van der Waals surface area contributed by atoms with Gasteiger partial charge in [0.1, 0.15) is 11.6 Å². The molecule has 154 valence electrons. The third kappa shape index (κ3) is 7.58. The number of benzene rings is 2. The van der Waals surface area contributed by atoms with E-state index in [2.05, 4.69) is 17.2 Å². The van der Waals surface area contributed by atoms with Gasteiger partial charge in [-0.05, 0) is 43.5 Å². The molecule has 0 aromatic heterocycles. The molecule has 2 aromatic rings. The van der Waals surface area contributed by atoms with E-state index in [0.29, 0.717) is 18.7 Å². The highest BCUT2D eigenvalue weighted by atomic mass is 35.5. The number of rotatable bonds is 9. The summed E-state index contributed by atoms with van der Waals surface area (Å²) in [5, 5.41) is 5.41. The van der Waals surface area contributed by atoms with Gasteiger partial charge in [0.15, 0.2) is 6.61 Å². The van der Waals surface area contributed by atoms with Crippen molar-refractivity contribution in [2.24, 2.45) is 0 Å².